The number of rotatable bonds is 6. The number of hydrogen-bond acceptors (Lipinski definition) is 1. The molecule has 6 aromatic rings. The first-order valence-electron chi connectivity index (χ1n) is 12.9. The largest absolute Gasteiger partial charge is 0.309 e. The number of benzene rings is 5. The van der Waals surface area contributed by atoms with Gasteiger partial charge in [0.25, 0.3) is 0 Å². The van der Waals surface area contributed by atoms with E-state index in [1.165, 1.54) is 43.1 Å². The Bertz CT molecular complexity index is 1710. The molecule has 0 saturated heterocycles. The molecule has 1 nitrogen and oxygen atoms in total. The smallest absolute Gasteiger partial charge is 0.175 e. The molecule has 1 aliphatic rings. The normalized spacial score (nSPS) is 15.2. The molecule has 0 bridgehead atoms. The summed E-state index contributed by atoms with van der Waals surface area (Å²) >= 11 is 4.72. The first-order chi connectivity index (χ1) is 18.3. The summed E-state index contributed by atoms with van der Waals surface area (Å²) in [6.07, 6.45) is 2.47. The van der Waals surface area contributed by atoms with E-state index in [4.69, 9.17) is 12.6 Å². The van der Waals surface area contributed by atoms with E-state index in [0.29, 0.717) is 5.92 Å². The first-order valence-corrected chi connectivity index (χ1v) is 15.5. The maximum atomic E-state index is 4.72. The van der Waals surface area contributed by atoms with Crippen molar-refractivity contribution in [2.45, 2.75) is 0 Å². The second-order valence-corrected chi connectivity index (χ2v) is 14.0. The van der Waals surface area contributed by atoms with Crippen LogP contribution in [0.3, 0.4) is 0 Å². The van der Waals surface area contributed by atoms with E-state index in [1.807, 2.05) is 0 Å². The molecule has 0 aliphatic heterocycles. The molecule has 178 valence electrons. The molecule has 0 spiro atoms. The minimum absolute atomic E-state index is 0.455. The van der Waals surface area contributed by atoms with Gasteiger partial charge in [0.2, 0.25) is 0 Å². The lowest BCUT2D eigenvalue weighted by atomic mass is 10.1. The van der Waals surface area contributed by atoms with Gasteiger partial charge in [0.05, 0.1) is 11.0 Å². The van der Waals surface area contributed by atoms with E-state index in [0.717, 1.165) is 5.75 Å². The first kappa shape index (κ1) is 22.4. The molecule has 0 saturated carbocycles. The molecule has 1 aromatic heterocycles. The molecule has 1 aliphatic carbocycles. The number of aromatic nitrogens is 1. The summed E-state index contributed by atoms with van der Waals surface area (Å²) in [6, 6.07) is 49.1. The molecular weight excluding hydrogens is 483 g/mol. The van der Waals surface area contributed by atoms with E-state index < -0.39 is 8.07 Å². The van der Waals surface area contributed by atoms with Crippen molar-refractivity contribution in [1.82, 2.24) is 4.57 Å². The SMILES string of the molecule is SC[C@@H]1C=C1[Si](c1ccccc1)(c1ccccc1)c1ccc2c(c1)c1ccccc1n2-c1ccccc1. The Balaban J connectivity index is 1.57. The molecular formula is C34H27NSSi. The minimum Gasteiger partial charge on any atom is -0.309 e. The maximum absolute atomic E-state index is 4.72. The van der Waals surface area contributed by atoms with E-state index >= 15 is 0 Å². The van der Waals surface area contributed by atoms with Gasteiger partial charge in [0, 0.05) is 22.4 Å². The highest BCUT2D eigenvalue weighted by molar-refractivity contribution is 7.80. The zero-order valence-corrected chi connectivity index (χ0v) is 22.4. The fraction of sp³-hybridized carbons (Fsp3) is 0.0588. The molecule has 1 atom stereocenters. The molecule has 0 unspecified atom stereocenters. The lowest BCUT2D eigenvalue weighted by Gasteiger charge is -2.33. The fourth-order valence-corrected chi connectivity index (χ4v) is 11.8. The van der Waals surface area contributed by atoms with Crippen LogP contribution in [0.1, 0.15) is 0 Å². The van der Waals surface area contributed by atoms with Crippen molar-refractivity contribution in [3.63, 3.8) is 0 Å². The molecule has 37 heavy (non-hydrogen) atoms. The Hall–Kier alpha value is -3.79. The predicted octanol–water partition coefficient (Wildman–Crippen LogP) is 6.28. The molecule has 0 radical (unpaired) electrons. The van der Waals surface area contributed by atoms with Gasteiger partial charge < -0.3 is 4.57 Å². The van der Waals surface area contributed by atoms with Crippen molar-refractivity contribution in [3.8, 4) is 5.69 Å². The second kappa shape index (κ2) is 8.95. The van der Waals surface area contributed by atoms with E-state index in [1.54, 1.807) is 5.20 Å². The van der Waals surface area contributed by atoms with Crippen molar-refractivity contribution >= 4 is 58.1 Å². The third-order valence-corrected chi connectivity index (χ3v) is 13.2. The third-order valence-electron chi connectivity index (χ3n) is 7.83. The summed E-state index contributed by atoms with van der Waals surface area (Å²) in [5, 5.41) is 8.48. The van der Waals surface area contributed by atoms with Crippen molar-refractivity contribution in [2.75, 3.05) is 5.75 Å². The number of hydrogen-bond donors (Lipinski definition) is 1. The molecule has 3 heteroatoms. The maximum Gasteiger partial charge on any atom is 0.175 e. The highest BCUT2D eigenvalue weighted by Crippen LogP contribution is 2.39. The Kier molecular flexibility index (Phi) is 5.42. The predicted molar refractivity (Wildman–Crippen MR) is 164 cm³/mol. The van der Waals surface area contributed by atoms with Crippen molar-refractivity contribution in [1.29, 1.82) is 0 Å². The van der Waals surface area contributed by atoms with Gasteiger partial charge in [-0.05, 0) is 45.6 Å². The van der Waals surface area contributed by atoms with Crippen molar-refractivity contribution in [3.05, 3.63) is 145 Å². The number of thiol groups is 1. The van der Waals surface area contributed by atoms with Crippen molar-refractivity contribution < 1.29 is 0 Å². The van der Waals surface area contributed by atoms with Crippen LogP contribution in [0.2, 0.25) is 0 Å². The quantitative estimate of drug-likeness (QED) is 0.153. The third kappa shape index (κ3) is 3.46. The lowest BCUT2D eigenvalue weighted by Crippen LogP contribution is -2.67. The van der Waals surface area contributed by atoms with Crippen LogP contribution >= 0.6 is 12.6 Å². The Morgan fingerprint density at radius 3 is 1.76 bits per heavy atom. The van der Waals surface area contributed by atoms with Crippen LogP contribution in [-0.4, -0.2) is 18.4 Å². The number of para-hydroxylation sites is 2. The molecule has 7 rings (SSSR count). The van der Waals surface area contributed by atoms with Crippen LogP contribution in [0.25, 0.3) is 27.5 Å². The highest BCUT2D eigenvalue weighted by atomic mass is 32.1. The zero-order valence-electron chi connectivity index (χ0n) is 20.5. The Morgan fingerprint density at radius 1 is 0.568 bits per heavy atom. The summed E-state index contributed by atoms with van der Waals surface area (Å²) in [5.74, 6) is 1.32. The van der Waals surface area contributed by atoms with Gasteiger partial charge in [-0.25, -0.2) is 0 Å². The number of allylic oxidation sites excluding steroid dienone is 2. The molecule has 0 N–H and O–H groups in total. The van der Waals surface area contributed by atoms with Gasteiger partial charge in [-0.3, -0.25) is 0 Å². The summed E-state index contributed by atoms with van der Waals surface area (Å²) in [7, 11) is -2.45. The van der Waals surface area contributed by atoms with Crippen LogP contribution in [0.4, 0.5) is 0 Å². The highest BCUT2D eigenvalue weighted by Gasteiger charge is 2.49. The van der Waals surface area contributed by atoms with E-state index in [2.05, 4.69) is 144 Å². The van der Waals surface area contributed by atoms with Gasteiger partial charge in [-0.1, -0.05) is 120 Å². The average Bonchev–Trinajstić information content (AvgIpc) is 3.69. The van der Waals surface area contributed by atoms with Gasteiger partial charge in [0.1, 0.15) is 0 Å². The van der Waals surface area contributed by atoms with Crippen LogP contribution in [-0.2, 0) is 0 Å². The molecule has 0 fully saturated rings. The van der Waals surface area contributed by atoms with Crippen molar-refractivity contribution in [2.24, 2.45) is 5.92 Å². The number of fused-ring (bicyclic) bond motifs is 3. The van der Waals surface area contributed by atoms with Crippen LogP contribution in [0.15, 0.2) is 145 Å². The summed E-state index contributed by atoms with van der Waals surface area (Å²) in [5.41, 5.74) is 3.68. The van der Waals surface area contributed by atoms with E-state index in [9.17, 15) is 0 Å². The number of nitrogens with zero attached hydrogens (tertiary/aromatic N) is 1. The minimum atomic E-state index is -2.45. The Labute approximate surface area is 224 Å². The van der Waals surface area contributed by atoms with Gasteiger partial charge in [-0.2, -0.15) is 12.6 Å². The average molecular weight is 510 g/mol. The molecule has 5 aromatic carbocycles. The monoisotopic (exact) mass is 509 g/mol. The zero-order chi connectivity index (χ0) is 24.8. The van der Waals surface area contributed by atoms with Gasteiger partial charge >= 0.3 is 0 Å². The van der Waals surface area contributed by atoms with E-state index in [-0.39, 0.29) is 0 Å². The summed E-state index contributed by atoms with van der Waals surface area (Å²) in [6.45, 7) is 0. The van der Waals surface area contributed by atoms with Crippen LogP contribution in [0, 0.1) is 5.92 Å². The van der Waals surface area contributed by atoms with Crippen LogP contribution in [0.5, 0.6) is 0 Å². The standard InChI is InChI=1S/C34H27NSSi/c36-24-25-22-34(25)37(27-14-6-2-7-15-27,28-16-8-3-9-17-28)29-20-21-33-31(23-29)30-18-10-11-19-32(30)35(33)26-12-4-1-5-13-26/h1-23,25,36H,24H2/t25-/m0/s1. The van der Waals surface area contributed by atoms with Gasteiger partial charge in [0.15, 0.2) is 8.07 Å². The lowest BCUT2D eigenvalue weighted by molar-refractivity contribution is 1.09. The Morgan fingerprint density at radius 2 is 1.14 bits per heavy atom. The molecule has 0 amide bonds. The topological polar surface area (TPSA) is 4.93 Å². The summed E-state index contributed by atoms with van der Waals surface area (Å²) < 4.78 is 2.40. The second-order valence-electron chi connectivity index (χ2n) is 9.81. The van der Waals surface area contributed by atoms with Gasteiger partial charge in [-0.15, -0.1) is 0 Å². The fourth-order valence-electron chi connectivity index (χ4n) is 6.16. The van der Waals surface area contributed by atoms with Crippen LogP contribution < -0.4 is 15.6 Å². The summed E-state index contributed by atoms with van der Waals surface area (Å²) in [4.78, 5) is 0. The molecule has 1 heterocycles.